The summed E-state index contributed by atoms with van der Waals surface area (Å²) in [6.07, 6.45) is 0.781. The minimum absolute atomic E-state index is 0.0359. The molecule has 9 heteroatoms. The van der Waals surface area contributed by atoms with E-state index in [4.69, 9.17) is 4.74 Å². The van der Waals surface area contributed by atoms with E-state index in [1.807, 2.05) is 11.9 Å². The zero-order valence-corrected chi connectivity index (χ0v) is 18.2. The van der Waals surface area contributed by atoms with E-state index in [2.05, 4.69) is 43.5 Å². The molecule has 3 aromatic rings. The van der Waals surface area contributed by atoms with Crippen molar-refractivity contribution in [3.8, 4) is 5.88 Å². The zero-order valence-electron chi connectivity index (χ0n) is 17.4. The minimum Gasteiger partial charge on any atom is -0.481 e. The van der Waals surface area contributed by atoms with Crippen LogP contribution in [0.3, 0.4) is 0 Å². The lowest BCUT2D eigenvalue weighted by Crippen LogP contribution is -2.49. The Morgan fingerprint density at radius 2 is 1.90 bits per heavy atom. The monoisotopic (exact) mass is 426 g/mol. The summed E-state index contributed by atoms with van der Waals surface area (Å²) in [7, 11) is 3.41. The predicted octanol–water partition coefficient (Wildman–Crippen LogP) is 1.86. The maximum atomic E-state index is 13.0. The lowest BCUT2D eigenvalue weighted by atomic mass is 10.1. The summed E-state index contributed by atoms with van der Waals surface area (Å²) in [6, 6.07) is 8.43. The topological polar surface area (TPSA) is 66.7 Å². The number of hydrogen-bond acceptors (Lipinski definition) is 7. The van der Waals surface area contributed by atoms with E-state index in [-0.39, 0.29) is 5.91 Å². The van der Waals surface area contributed by atoms with E-state index in [9.17, 15) is 4.79 Å². The SMILES string of the molecule is COc1c2c(nn1C)CCN(CCN1CCN(c3nsc4ccccc34)CC1)C2=O. The third-order valence-electron chi connectivity index (χ3n) is 6.10. The van der Waals surface area contributed by atoms with Gasteiger partial charge in [0.15, 0.2) is 0 Å². The molecule has 0 spiro atoms. The number of benzene rings is 1. The Balaban J connectivity index is 1.18. The van der Waals surface area contributed by atoms with Crippen LogP contribution in [-0.4, -0.2) is 82.8 Å². The maximum Gasteiger partial charge on any atom is 0.261 e. The van der Waals surface area contributed by atoms with Crippen molar-refractivity contribution in [2.75, 3.05) is 57.8 Å². The van der Waals surface area contributed by atoms with Crippen molar-refractivity contribution in [2.24, 2.45) is 7.05 Å². The number of carbonyl (C=O) groups is 1. The van der Waals surface area contributed by atoms with Gasteiger partial charge in [-0.2, -0.15) is 9.47 Å². The molecular formula is C21H26N6O2S. The molecule has 1 aromatic carbocycles. The van der Waals surface area contributed by atoms with Crippen molar-refractivity contribution in [2.45, 2.75) is 6.42 Å². The average molecular weight is 427 g/mol. The van der Waals surface area contributed by atoms with Gasteiger partial charge in [-0.15, -0.1) is 0 Å². The average Bonchev–Trinajstić information content (AvgIpc) is 3.34. The van der Waals surface area contributed by atoms with Gasteiger partial charge in [0.2, 0.25) is 5.88 Å². The molecule has 0 saturated carbocycles. The molecule has 0 unspecified atom stereocenters. The zero-order chi connectivity index (χ0) is 20.7. The number of carbonyl (C=O) groups excluding carboxylic acids is 1. The van der Waals surface area contributed by atoms with Crippen LogP contribution in [0, 0.1) is 0 Å². The van der Waals surface area contributed by atoms with E-state index in [1.165, 1.54) is 10.1 Å². The van der Waals surface area contributed by atoms with Crippen molar-refractivity contribution in [3.05, 3.63) is 35.5 Å². The number of methoxy groups -OCH3 is 1. The van der Waals surface area contributed by atoms with Gasteiger partial charge in [0.1, 0.15) is 11.4 Å². The Morgan fingerprint density at radius 1 is 1.10 bits per heavy atom. The third kappa shape index (κ3) is 3.31. The highest BCUT2D eigenvalue weighted by molar-refractivity contribution is 7.13. The molecule has 0 radical (unpaired) electrons. The van der Waals surface area contributed by atoms with E-state index in [0.29, 0.717) is 11.4 Å². The van der Waals surface area contributed by atoms with Crippen LogP contribution in [-0.2, 0) is 13.5 Å². The first kappa shape index (κ1) is 19.3. The fourth-order valence-electron chi connectivity index (χ4n) is 4.45. The van der Waals surface area contributed by atoms with Crippen LogP contribution in [0.1, 0.15) is 16.1 Å². The Bertz CT molecular complexity index is 1070. The summed E-state index contributed by atoms with van der Waals surface area (Å²) in [5.41, 5.74) is 1.48. The summed E-state index contributed by atoms with van der Waals surface area (Å²) in [5, 5.41) is 5.68. The molecule has 1 fully saturated rings. The molecule has 1 saturated heterocycles. The number of nitrogens with zero attached hydrogens (tertiary/aromatic N) is 6. The van der Waals surface area contributed by atoms with E-state index in [1.54, 1.807) is 23.3 Å². The summed E-state index contributed by atoms with van der Waals surface area (Å²) in [5.74, 6) is 1.70. The third-order valence-corrected chi connectivity index (χ3v) is 6.91. The normalized spacial score (nSPS) is 17.6. The van der Waals surface area contributed by atoms with Crippen molar-refractivity contribution in [1.29, 1.82) is 0 Å². The Hall–Kier alpha value is -2.65. The Kier molecular flexibility index (Phi) is 5.08. The highest BCUT2D eigenvalue weighted by Gasteiger charge is 2.32. The summed E-state index contributed by atoms with van der Waals surface area (Å²) in [4.78, 5) is 19.7. The summed E-state index contributed by atoms with van der Waals surface area (Å²) in [6.45, 7) is 6.22. The number of aryl methyl sites for hydroxylation is 1. The van der Waals surface area contributed by atoms with Crippen molar-refractivity contribution in [1.82, 2.24) is 24.0 Å². The number of ether oxygens (including phenoxy) is 1. The second-order valence-corrected chi connectivity index (χ2v) is 8.63. The fraction of sp³-hybridized carbons (Fsp3) is 0.476. The van der Waals surface area contributed by atoms with E-state index in [0.717, 1.165) is 63.7 Å². The largest absolute Gasteiger partial charge is 0.481 e. The number of aromatic nitrogens is 3. The Labute approximate surface area is 179 Å². The molecule has 1 amide bonds. The molecular weight excluding hydrogens is 400 g/mol. The van der Waals surface area contributed by atoms with Gasteiger partial charge in [0.05, 0.1) is 17.5 Å². The molecule has 4 heterocycles. The van der Waals surface area contributed by atoms with Gasteiger partial charge < -0.3 is 14.5 Å². The number of hydrogen-bond donors (Lipinski definition) is 0. The molecule has 2 aliphatic heterocycles. The van der Waals surface area contributed by atoms with E-state index < -0.39 is 0 Å². The van der Waals surface area contributed by atoms with Crippen molar-refractivity contribution in [3.63, 3.8) is 0 Å². The smallest absolute Gasteiger partial charge is 0.261 e. The lowest BCUT2D eigenvalue weighted by Gasteiger charge is -2.36. The van der Waals surface area contributed by atoms with Gasteiger partial charge in [-0.25, -0.2) is 4.68 Å². The summed E-state index contributed by atoms with van der Waals surface area (Å²) < 4.78 is 13.0. The van der Waals surface area contributed by atoms with Crippen LogP contribution in [0.25, 0.3) is 10.1 Å². The first-order chi connectivity index (χ1) is 14.7. The second kappa shape index (κ2) is 7.88. The Morgan fingerprint density at radius 3 is 2.70 bits per heavy atom. The first-order valence-corrected chi connectivity index (χ1v) is 11.1. The molecule has 2 aliphatic rings. The quantitative estimate of drug-likeness (QED) is 0.621. The van der Waals surface area contributed by atoms with E-state index >= 15 is 0 Å². The van der Waals surface area contributed by atoms with Crippen LogP contribution < -0.4 is 9.64 Å². The second-order valence-electron chi connectivity index (χ2n) is 7.83. The molecule has 8 nitrogen and oxygen atoms in total. The highest BCUT2D eigenvalue weighted by atomic mass is 32.1. The molecule has 0 atom stereocenters. The molecule has 0 bridgehead atoms. The molecule has 0 N–H and O–H groups in total. The minimum atomic E-state index is 0.0359. The highest BCUT2D eigenvalue weighted by Crippen LogP contribution is 2.30. The maximum absolute atomic E-state index is 13.0. The number of amides is 1. The fourth-order valence-corrected chi connectivity index (χ4v) is 5.24. The number of rotatable bonds is 5. The molecule has 158 valence electrons. The number of fused-ring (bicyclic) bond motifs is 2. The van der Waals surface area contributed by atoms with Crippen LogP contribution in [0.15, 0.2) is 24.3 Å². The number of piperazine rings is 1. The van der Waals surface area contributed by atoms with Gasteiger partial charge in [-0.3, -0.25) is 9.69 Å². The van der Waals surface area contributed by atoms with Gasteiger partial charge in [0.25, 0.3) is 5.91 Å². The molecule has 2 aromatic heterocycles. The van der Waals surface area contributed by atoms with Gasteiger partial charge in [0, 0.05) is 64.7 Å². The van der Waals surface area contributed by atoms with Gasteiger partial charge in [-0.05, 0) is 23.7 Å². The molecule has 5 rings (SSSR count). The van der Waals surface area contributed by atoms with Crippen molar-refractivity contribution >= 4 is 33.3 Å². The van der Waals surface area contributed by atoms with Gasteiger partial charge in [-0.1, -0.05) is 12.1 Å². The van der Waals surface area contributed by atoms with Crippen LogP contribution in [0.5, 0.6) is 5.88 Å². The standard InChI is InChI=1S/C21H26N6O2S/c1-24-21(29-2)18-16(22-24)7-8-27(20(18)28)14-11-25-9-12-26(13-10-25)19-15-5-3-4-6-17(15)30-23-19/h3-6H,7-14H2,1-2H3. The predicted molar refractivity (Wildman–Crippen MR) is 118 cm³/mol. The van der Waals surface area contributed by atoms with Crippen LogP contribution in [0.2, 0.25) is 0 Å². The molecule has 0 aliphatic carbocycles. The molecule has 30 heavy (non-hydrogen) atoms. The van der Waals surface area contributed by atoms with Crippen LogP contribution in [0.4, 0.5) is 5.82 Å². The first-order valence-electron chi connectivity index (χ1n) is 10.4. The van der Waals surface area contributed by atoms with Gasteiger partial charge >= 0.3 is 0 Å². The lowest BCUT2D eigenvalue weighted by molar-refractivity contribution is 0.0713. The summed E-state index contributed by atoms with van der Waals surface area (Å²) >= 11 is 1.57. The van der Waals surface area contributed by atoms with Crippen LogP contribution >= 0.6 is 11.5 Å². The van der Waals surface area contributed by atoms with Crippen molar-refractivity contribution < 1.29 is 9.53 Å². The number of anilines is 1.